The molecule has 0 N–H and O–H groups in total. The van der Waals surface area contributed by atoms with Crippen LogP contribution >= 0.6 is 25.3 Å². The third-order valence-electron chi connectivity index (χ3n) is 2.49. The lowest BCUT2D eigenvalue weighted by molar-refractivity contribution is 0.666. The van der Waals surface area contributed by atoms with Gasteiger partial charge in [0.2, 0.25) is 0 Å². The molecule has 0 radical (unpaired) electrons. The largest absolute Gasteiger partial charge is 0.143 e. The molecule has 1 aromatic carbocycles. The molecule has 0 saturated carbocycles. The van der Waals surface area contributed by atoms with E-state index in [1.54, 1.807) is 0 Å². The highest BCUT2D eigenvalue weighted by molar-refractivity contribution is 7.80. The molecule has 0 nitrogen and oxygen atoms in total. The van der Waals surface area contributed by atoms with Crippen LogP contribution in [0.15, 0.2) is 21.9 Å². The smallest absolute Gasteiger partial charge is 0.00755 e. The second kappa shape index (κ2) is 3.35. The molecule has 2 heteroatoms. The monoisotopic (exact) mass is 196 g/mol. The summed E-state index contributed by atoms with van der Waals surface area (Å²) in [5, 5.41) is 0. The number of hydrogen-bond acceptors (Lipinski definition) is 2. The second-order valence-corrected chi connectivity index (χ2v) is 4.23. The van der Waals surface area contributed by atoms with Gasteiger partial charge in [-0.25, -0.2) is 0 Å². The predicted octanol–water partition coefficient (Wildman–Crippen LogP) is 3.14. The van der Waals surface area contributed by atoms with Crippen LogP contribution in [-0.4, -0.2) is 0 Å². The summed E-state index contributed by atoms with van der Waals surface area (Å²) in [6.07, 6.45) is 4.97. The predicted molar refractivity (Wildman–Crippen MR) is 57.6 cm³/mol. The van der Waals surface area contributed by atoms with Crippen LogP contribution in [0.3, 0.4) is 0 Å². The molecular formula is C10H12S2. The Bertz CT molecular complexity index is 274. The summed E-state index contributed by atoms with van der Waals surface area (Å²) in [6.45, 7) is 0. The molecule has 0 amide bonds. The lowest BCUT2D eigenvalue weighted by Crippen LogP contribution is -2.04. The van der Waals surface area contributed by atoms with Crippen LogP contribution in [0.5, 0.6) is 0 Å². The van der Waals surface area contributed by atoms with E-state index in [9.17, 15) is 0 Å². The topological polar surface area (TPSA) is 0 Å². The molecule has 0 heterocycles. The summed E-state index contributed by atoms with van der Waals surface area (Å²) >= 11 is 8.90. The number of thiol groups is 2. The molecule has 0 fully saturated rings. The Morgan fingerprint density at radius 2 is 1.25 bits per heavy atom. The molecule has 0 spiro atoms. The Kier molecular flexibility index (Phi) is 2.37. The van der Waals surface area contributed by atoms with Crippen molar-refractivity contribution in [1.82, 2.24) is 0 Å². The maximum atomic E-state index is 4.45. The molecule has 0 aromatic heterocycles. The van der Waals surface area contributed by atoms with Crippen molar-refractivity contribution in [3.8, 4) is 0 Å². The highest BCUT2D eigenvalue weighted by Crippen LogP contribution is 2.30. The number of hydrogen-bond donors (Lipinski definition) is 2. The fraction of sp³-hybridized carbons (Fsp3) is 0.400. The summed E-state index contributed by atoms with van der Waals surface area (Å²) in [4.78, 5) is 2.28. The first kappa shape index (κ1) is 8.52. The van der Waals surface area contributed by atoms with Crippen molar-refractivity contribution in [1.29, 1.82) is 0 Å². The van der Waals surface area contributed by atoms with Crippen molar-refractivity contribution in [3.05, 3.63) is 23.3 Å². The van der Waals surface area contributed by atoms with E-state index in [1.807, 2.05) is 0 Å². The molecule has 1 aromatic rings. The first-order valence-electron chi connectivity index (χ1n) is 4.32. The fourth-order valence-electron chi connectivity index (χ4n) is 1.83. The van der Waals surface area contributed by atoms with Crippen LogP contribution in [-0.2, 0) is 12.8 Å². The highest BCUT2D eigenvalue weighted by atomic mass is 32.1. The maximum Gasteiger partial charge on any atom is 0.00755 e. The van der Waals surface area contributed by atoms with Gasteiger partial charge in [-0.1, -0.05) is 0 Å². The number of fused-ring (bicyclic) bond motifs is 1. The van der Waals surface area contributed by atoms with Gasteiger partial charge in [0.1, 0.15) is 0 Å². The van der Waals surface area contributed by atoms with Gasteiger partial charge >= 0.3 is 0 Å². The van der Waals surface area contributed by atoms with Gasteiger partial charge < -0.3 is 0 Å². The second-order valence-electron chi connectivity index (χ2n) is 3.27. The quantitative estimate of drug-likeness (QED) is 0.585. The van der Waals surface area contributed by atoms with E-state index in [1.165, 1.54) is 36.8 Å². The van der Waals surface area contributed by atoms with Crippen LogP contribution < -0.4 is 0 Å². The van der Waals surface area contributed by atoms with Gasteiger partial charge in [-0.15, -0.1) is 25.3 Å². The average Bonchev–Trinajstić information content (AvgIpc) is 2.12. The minimum atomic E-state index is 1.14. The van der Waals surface area contributed by atoms with Crippen molar-refractivity contribution in [3.63, 3.8) is 0 Å². The third-order valence-corrected chi connectivity index (χ3v) is 3.32. The molecule has 2 rings (SSSR count). The van der Waals surface area contributed by atoms with Crippen molar-refractivity contribution < 1.29 is 0 Å². The average molecular weight is 196 g/mol. The van der Waals surface area contributed by atoms with E-state index < -0.39 is 0 Å². The van der Waals surface area contributed by atoms with Gasteiger partial charge in [-0.2, -0.15) is 0 Å². The van der Waals surface area contributed by atoms with E-state index in [0.29, 0.717) is 0 Å². The lowest BCUT2D eigenvalue weighted by Gasteiger charge is -2.18. The van der Waals surface area contributed by atoms with E-state index in [-0.39, 0.29) is 0 Å². The van der Waals surface area contributed by atoms with Crippen molar-refractivity contribution in [2.24, 2.45) is 0 Å². The van der Waals surface area contributed by atoms with E-state index in [4.69, 9.17) is 0 Å². The van der Waals surface area contributed by atoms with Gasteiger partial charge in [-0.05, 0) is 48.9 Å². The van der Waals surface area contributed by atoms with Crippen molar-refractivity contribution in [2.45, 2.75) is 35.5 Å². The first-order valence-corrected chi connectivity index (χ1v) is 5.21. The Balaban J connectivity index is 2.57. The number of benzene rings is 1. The molecule has 0 saturated heterocycles. The minimum Gasteiger partial charge on any atom is -0.143 e. The molecule has 64 valence electrons. The summed E-state index contributed by atoms with van der Waals surface area (Å²) < 4.78 is 0. The van der Waals surface area contributed by atoms with Gasteiger partial charge in [0.25, 0.3) is 0 Å². The summed E-state index contributed by atoms with van der Waals surface area (Å²) in [5.74, 6) is 0. The third kappa shape index (κ3) is 1.38. The zero-order chi connectivity index (χ0) is 8.55. The Labute approximate surface area is 84.2 Å². The van der Waals surface area contributed by atoms with Crippen LogP contribution in [0.2, 0.25) is 0 Å². The Hall–Kier alpha value is -0.0800. The normalized spacial score (nSPS) is 15.8. The summed E-state index contributed by atoms with van der Waals surface area (Å²) in [7, 11) is 0. The fourth-order valence-corrected chi connectivity index (χ4v) is 2.47. The zero-order valence-electron chi connectivity index (χ0n) is 6.88. The van der Waals surface area contributed by atoms with E-state index in [2.05, 4.69) is 37.4 Å². The van der Waals surface area contributed by atoms with Gasteiger partial charge in [0.15, 0.2) is 0 Å². The lowest BCUT2D eigenvalue weighted by atomic mass is 9.92. The summed E-state index contributed by atoms with van der Waals surface area (Å²) in [5.41, 5.74) is 2.86. The molecule has 0 unspecified atom stereocenters. The Morgan fingerprint density at radius 1 is 0.833 bits per heavy atom. The molecule has 0 atom stereocenters. The maximum absolute atomic E-state index is 4.45. The number of rotatable bonds is 0. The molecule has 12 heavy (non-hydrogen) atoms. The molecule has 1 aliphatic rings. The van der Waals surface area contributed by atoms with Crippen molar-refractivity contribution >= 4 is 25.3 Å². The standard InChI is InChI=1S/C10H12S2/c11-9-5-6-10(12)8-4-2-1-3-7(8)9/h5-6,11-12H,1-4H2. The first-order chi connectivity index (χ1) is 5.79. The van der Waals surface area contributed by atoms with Crippen LogP contribution in [0.4, 0.5) is 0 Å². The highest BCUT2D eigenvalue weighted by Gasteiger charge is 2.13. The van der Waals surface area contributed by atoms with Crippen LogP contribution in [0.25, 0.3) is 0 Å². The van der Waals surface area contributed by atoms with Gasteiger partial charge in [0, 0.05) is 9.79 Å². The summed E-state index contributed by atoms with van der Waals surface area (Å²) in [6, 6.07) is 4.10. The van der Waals surface area contributed by atoms with Gasteiger partial charge in [0.05, 0.1) is 0 Å². The van der Waals surface area contributed by atoms with Crippen LogP contribution in [0.1, 0.15) is 24.0 Å². The van der Waals surface area contributed by atoms with E-state index in [0.717, 1.165) is 9.79 Å². The van der Waals surface area contributed by atoms with Gasteiger partial charge in [-0.3, -0.25) is 0 Å². The van der Waals surface area contributed by atoms with Crippen molar-refractivity contribution in [2.75, 3.05) is 0 Å². The zero-order valence-corrected chi connectivity index (χ0v) is 8.67. The molecule has 0 bridgehead atoms. The molecule has 1 aliphatic carbocycles. The minimum absolute atomic E-state index is 1.14. The van der Waals surface area contributed by atoms with E-state index >= 15 is 0 Å². The van der Waals surface area contributed by atoms with Crippen LogP contribution in [0, 0.1) is 0 Å². The molecular weight excluding hydrogens is 184 g/mol. The molecule has 0 aliphatic heterocycles. The Morgan fingerprint density at radius 3 is 1.67 bits per heavy atom. The SMILES string of the molecule is Sc1ccc(S)c2c1CCCC2.